The Morgan fingerprint density at radius 2 is 1.66 bits per heavy atom. The number of para-hydroxylation sites is 1. The van der Waals surface area contributed by atoms with Crippen molar-refractivity contribution in [2.24, 2.45) is 0 Å². The third-order valence-corrected chi connectivity index (χ3v) is 4.94. The fourth-order valence-electron chi connectivity index (χ4n) is 3.47. The molecule has 3 aromatic carbocycles. The van der Waals surface area contributed by atoms with Crippen LogP contribution in [0.5, 0.6) is 0 Å². The fourth-order valence-corrected chi connectivity index (χ4v) is 3.47. The van der Waals surface area contributed by atoms with E-state index in [2.05, 4.69) is 15.6 Å². The number of H-pyrrole nitrogens is 1. The standard InChI is InChI=1S/C25H22FN3O3/c1-2-32-22(30)15-16-7-13-19(14-8-16)27-25(31)29-24-20-5-3-4-6-21(20)28-23(24)17-9-11-18(26)12-10-17/h3-14,28H,2,15H2,1H3,(H2,27,29,31). The lowest BCUT2D eigenvalue weighted by Gasteiger charge is -2.10. The molecule has 0 aliphatic carbocycles. The fraction of sp³-hybridized carbons (Fsp3) is 0.120. The van der Waals surface area contributed by atoms with Crippen molar-refractivity contribution < 1.29 is 18.7 Å². The molecule has 0 aliphatic heterocycles. The molecule has 0 bridgehead atoms. The molecule has 0 saturated heterocycles. The van der Waals surface area contributed by atoms with E-state index in [0.29, 0.717) is 23.7 Å². The maximum Gasteiger partial charge on any atom is 0.323 e. The SMILES string of the molecule is CCOC(=O)Cc1ccc(NC(=O)Nc2c(-c3ccc(F)cc3)[nH]c3ccccc23)cc1. The first-order valence-corrected chi connectivity index (χ1v) is 10.2. The molecule has 1 heterocycles. The van der Waals surface area contributed by atoms with Gasteiger partial charge in [0, 0.05) is 22.2 Å². The number of hydrogen-bond acceptors (Lipinski definition) is 3. The van der Waals surface area contributed by atoms with Crippen molar-refractivity contribution in [2.75, 3.05) is 17.2 Å². The van der Waals surface area contributed by atoms with Crippen LogP contribution in [0.15, 0.2) is 72.8 Å². The Morgan fingerprint density at radius 1 is 0.938 bits per heavy atom. The van der Waals surface area contributed by atoms with Gasteiger partial charge in [-0.25, -0.2) is 9.18 Å². The molecule has 0 unspecified atom stereocenters. The summed E-state index contributed by atoms with van der Waals surface area (Å²) in [6.45, 7) is 2.10. The van der Waals surface area contributed by atoms with Crippen LogP contribution in [0, 0.1) is 5.82 Å². The molecule has 7 heteroatoms. The molecular weight excluding hydrogens is 409 g/mol. The van der Waals surface area contributed by atoms with E-state index in [0.717, 1.165) is 22.0 Å². The lowest BCUT2D eigenvalue weighted by atomic mass is 10.1. The number of ether oxygens (including phenoxy) is 1. The van der Waals surface area contributed by atoms with Crippen molar-refractivity contribution in [3.05, 3.63) is 84.2 Å². The maximum atomic E-state index is 13.4. The van der Waals surface area contributed by atoms with Crippen molar-refractivity contribution in [2.45, 2.75) is 13.3 Å². The van der Waals surface area contributed by atoms with E-state index >= 15 is 0 Å². The van der Waals surface area contributed by atoms with Gasteiger partial charge in [-0.1, -0.05) is 30.3 Å². The Kier molecular flexibility index (Phi) is 6.17. The van der Waals surface area contributed by atoms with Gasteiger partial charge < -0.3 is 20.4 Å². The van der Waals surface area contributed by atoms with E-state index in [-0.39, 0.29) is 18.2 Å². The summed E-state index contributed by atoms with van der Waals surface area (Å²) in [7, 11) is 0. The van der Waals surface area contributed by atoms with Crippen molar-refractivity contribution in [3.8, 4) is 11.3 Å². The number of carbonyl (C=O) groups is 2. The number of rotatable bonds is 6. The zero-order valence-electron chi connectivity index (χ0n) is 17.4. The number of aromatic amines is 1. The van der Waals surface area contributed by atoms with Gasteiger partial charge in [-0.3, -0.25) is 4.79 Å². The molecule has 0 atom stereocenters. The zero-order chi connectivity index (χ0) is 22.5. The number of aromatic nitrogens is 1. The van der Waals surface area contributed by atoms with Gasteiger partial charge >= 0.3 is 12.0 Å². The van der Waals surface area contributed by atoms with Gasteiger partial charge in [-0.2, -0.15) is 0 Å². The molecule has 1 aromatic heterocycles. The van der Waals surface area contributed by atoms with Crippen LogP contribution in [0.2, 0.25) is 0 Å². The summed E-state index contributed by atoms with van der Waals surface area (Å²) in [5, 5.41) is 6.55. The summed E-state index contributed by atoms with van der Waals surface area (Å²) in [5.41, 5.74) is 4.27. The highest BCUT2D eigenvalue weighted by molar-refractivity contribution is 6.10. The third kappa shape index (κ3) is 4.78. The first-order valence-electron chi connectivity index (χ1n) is 10.2. The number of esters is 1. The highest BCUT2D eigenvalue weighted by Gasteiger charge is 2.16. The molecule has 0 radical (unpaired) electrons. The van der Waals surface area contributed by atoms with Crippen molar-refractivity contribution in [3.63, 3.8) is 0 Å². The molecule has 2 amide bonds. The molecule has 6 nitrogen and oxygen atoms in total. The average Bonchev–Trinajstić information content (AvgIpc) is 3.14. The second-order valence-corrected chi connectivity index (χ2v) is 7.19. The quantitative estimate of drug-likeness (QED) is 0.341. The minimum Gasteiger partial charge on any atom is -0.466 e. The molecule has 4 rings (SSSR count). The average molecular weight is 431 g/mol. The molecule has 32 heavy (non-hydrogen) atoms. The monoisotopic (exact) mass is 431 g/mol. The summed E-state index contributed by atoms with van der Waals surface area (Å²) in [5.74, 6) is -0.623. The predicted octanol–water partition coefficient (Wildman–Crippen LogP) is 5.72. The number of nitrogens with one attached hydrogen (secondary N) is 3. The van der Waals surface area contributed by atoms with Gasteiger partial charge in [0.25, 0.3) is 0 Å². The van der Waals surface area contributed by atoms with Crippen LogP contribution in [0.25, 0.3) is 22.2 Å². The maximum absolute atomic E-state index is 13.4. The summed E-state index contributed by atoms with van der Waals surface area (Å²) in [4.78, 5) is 27.6. The Balaban J connectivity index is 1.53. The number of anilines is 2. The number of halogens is 1. The van der Waals surface area contributed by atoms with Gasteiger partial charge in [0.15, 0.2) is 0 Å². The lowest BCUT2D eigenvalue weighted by molar-refractivity contribution is -0.142. The van der Waals surface area contributed by atoms with Crippen LogP contribution < -0.4 is 10.6 Å². The second-order valence-electron chi connectivity index (χ2n) is 7.19. The summed E-state index contributed by atoms with van der Waals surface area (Å²) in [6, 6.07) is 20.2. The van der Waals surface area contributed by atoms with Crippen LogP contribution in [-0.2, 0) is 16.0 Å². The third-order valence-electron chi connectivity index (χ3n) is 4.94. The molecule has 4 aromatic rings. The molecule has 3 N–H and O–H groups in total. The highest BCUT2D eigenvalue weighted by atomic mass is 19.1. The Hall–Kier alpha value is -4.13. The van der Waals surface area contributed by atoms with Crippen LogP contribution in [0.1, 0.15) is 12.5 Å². The molecule has 0 fully saturated rings. The molecule has 0 aliphatic rings. The van der Waals surface area contributed by atoms with Crippen LogP contribution >= 0.6 is 0 Å². The first kappa shape index (κ1) is 21.1. The van der Waals surface area contributed by atoms with Crippen molar-refractivity contribution >= 4 is 34.3 Å². The molecule has 162 valence electrons. The van der Waals surface area contributed by atoms with E-state index in [4.69, 9.17) is 4.74 Å². The summed E-state index contributed by atoms with van der Waals surface area (Å²) >= 11 is 0. The molecular formula is C25H22FN3O3. The summed E-state index contributed by atoms with van der Waals surface area (Å²) in [6.07, 6.45) is 0.177. The van der Waals surface area contributed by atoms with E-state index in [1.165, 1.54) is 12.1 Å². The van der Waals surface area contributed by atoms with E-state index < -0.39 is 6.03 Å². The largest absolute Gasteiger partial charge is 0.466 e. The van der Waals surface area contributed by atoms with Crippen molar-refractivity contribution in [1.82, 2.24) is 4.98 Å². The van der Waals surface area contributed by atoms with Gasteiger partial charge in [-0.15, -0.1) is 0 Å². The zero-order valence-corrected chi connectivity index (χ0v) is 17.4. The molecule has 0 saturated carbocycles. The minimum absolute atomic E-state index is 0.177. The molecule has 0 spiro atoms. The number of carbonyl (C=O) groups excluding carboxylic acids is 2. The Bertz CT molecular complexity index is 1250. The Labute approximate surface area is 184 Å². The number of hydrogen-bond donors (Lipinski definition) is 3. The van der Waals surface area contributed by atoms with E-state index in [1.807, 2.05) is 24.3 Å². The van der Waals surface area contributed by atoms with E-state index in [9.17, 15) is 14.0 Å². The normalized spacial score (nSPS) is 10.7. The lowest BCUT2D eigenvalue weighted by Crippen LogP contribution is -2.19. The topological polar surface area (TPSA) is 83.2 Å². The van der Waals surface area contributed by atoms with Gasteiger partial charge in [-0.05, 0) is 55.0 Å². The van der Waals surface area contributed by atoms with Gasteiger partial charge in [0.2, 0.25) is 0 Å². The van der Waals surface area contributed by atoms with Crippen LogP contribution in [-0.4, -0.2) is 23.6 Å². The number of benzene rings is 3. The Morgan fingerprint density at radius 3 is 2.38 bits per heavy atom. The highest BCUT2D eigenvalue weighted by Crippen LogP contribution is 2.35. The van der Waals surface area contributed by atoms with Crippen LogP contribution in [0.4, 0.5) is 20.6 Å². The van der Waals surface area contributed by atoms with Crippen molar-refractivity contribution in [1.29, 1.82) is 0 Å². The second kappa shape index (κ2) is 9.34. The predicted molar refractivity (Wildman–Crippen MR) is 123 cm³/mol. The first-order chi connectivity index (χ1) is 15.5. The number of amides is 2. The number of urea groups is 1. The van der Waals surface area contributed by atoms with E-state index in [1.54, 1.807) is 43.3 Å². The minimum atomic E-state index is -0.420. The summed E-state index contributed by atoms with van der Waals surface area (Å²) < 4.78 is 18.3. The van der Waals surface area contributed by atoms with Gasteiger partial charge in [0.05, 0.1) is 24.4 Å². The number of fused-ring (bicyclic) bond motifs is 1. The van der Waals surface area contributed by atoms with Crippen LogP contribution in [0.3, 0.4) is 0 Å². The smallest absolute Gasteiger partial charge is 0.323 e. The van der Waals surface area contributed by atoms with Gasteiger partial charge in [0.1, 0.15) is 5.82 Å².